The standard InChI is InChI=1S/C11H13FO4/c12-10-7-9(8-14)1-2-11(10)16-6-5-15-4-3-13/h1-2,7-8,13H,3-6H2. The molecule has 0 aliphatic carbocycles. The van der Waals surface area contributed by atoms with Gasteiger partial charge in [0.05, 0.1) is 19.8 Å². The Labute approximate surface area is 92.6 Å². The van der Waals surface area contributed by atoms with Crippen LogP contribution in [0.1, 0.15) is 10.4 Å². The van der Waals surface area contributed by atoms with Crippen LogP contribution in [0.4, 0.5) is 4.39 Å². The Hall–Kier alpha value is -1.46. The summed E-state index contributed by atoms with van der Waals surface area (Å²) < 4.78 is 23.3. The van der Waals surface area contributed by atoms with E-state index >= 15 is 0 Å². The van der Waals surface area contributed by atoms with Crippen molar-refractivity contribution in [2.24, 2.45) is 0 Å². The van der Waals surface area contributed by atoms with Gasteiger partial charge in [0.2, 0.25) is 0 Å². The van der Waals surface area contributed by atoms with Gasteiger partial charge < -0.3 is 14.6 Å². The van der Waals surface area contributed by atoms with E-state index in [0.717, 1.165) is 6.07 Å². The summed E-state index contributed by atoms with van der Waals surface area (Å²) in [6.45, 7) is 0.644. The molecule has 0 atom stereocenters. The normalized spacial score (nSPS) is 10.1. The van der Waals surface area contributed by atoms with Crippen molar-refractivity contribution in [1.82, 2.24) is 0 Å². The van der Waals surface area contributed by atoms with Crippen molar-refractivity contribution in [3.05, 3.63) is 29.6 Å². The highest BCUT2D eigenvalue weighted by Gasteiger charge is 2.03. The fourth-order valence-corrected chi connectivity index (χ4v) is 1.08. The Morgan fingerprint density at radius 2 is 2.12 bits per heavy atom. The molecule has 0 aliphatic heterocycles. The van der Waals surface area contributed by atoms with Crippen molar-refractivity contribution in [2.45, 2.75) is 0 Å². The highest BCUT2D eigenvalue weighted by atomic mass is 19.1. The van der Waals surface area contributed by atoms with Crippen molar-refractivity contribution in [1.29, 1.82) is 0 Å². The summed E-state index contributed by atoms with van der Waals surface area (Å²) in [5, 5.41) is 8.43. The fourth-order valence-electron chi connectivity index (χ4n) is 1.08. The summed E-state index contributed by atoms with van der Waals surface area (Å²) in [6.07, 6.45) is 0.567. The number of aliphatic hydroxyl groups excluding tert-OH is 1. The number of rotatable bonds is 7. The molecule has 1 N–H and O–H groups in total. The van der Waals surface area contributed by atoms with Crippen molar-refractivity contribution < 1.29 is 23.8 Å². The van der Waals surface area contributed by atoms with Gasteiger partial charge in [-0.05, 0) is 18.2 Å². The fraction of sp³-hybridized carbons (Fsp3) is 0.364. The lowest BCUT2D eigenvalue weighted by atomic mass is 10.2. The molecule has 1 aromatic carbocycles. The number of halogens is 1. The molecule has 0 amide bonds. The average Bonchev–Trinajstić information content (AvgIpc) is 2.30. The summed E-state index contributed by atoms with van der Waals surface area (Å²) >= 11 is 0. The highest BCUT2D eigenvalue weighted by Crippen LogP contribution is 2.17. The maximum atomic E-state index is 13.2. The largest absolute Gasteiger partial charge is 0.488 e. The van der Waals surface area contributed by atoms with Crippen LogP contribution in [-0.2, 0) is 4.74 Å². The Kier molecular flexibility index (Phi) is 5.45. The van der Waals surface area contributed by atoms with E-state index in [9.17, 15) is 9.18 Å². The minimum Gasteiger partial charge on any atom is -0.488 e. The second kappa shape index (κ2) is 6.92. The van der Waals surface area contributed by atoms with Crippen LogP contribution >= 0.6 is 0 Å². The number of benzene rings is 1. The predicted molar refractivity (Wildman–Crippen MR) is 55.2 cm³/mol. The van der Waals surface area contributed by atoms with Crippen LogP contribution < -0.4 is 4.74 Å². The molecule has 0 aliphatic rings. The monoisotopic (exact) mass is 228 g/mol. The van der Waals surface area contributed by atoms with E-state index in [4.69, 9.17) is 14.6 Å². The van der Waals surface area contributed by atoms with E-state index in [-0.39, 0.29) is 37.7 Å². The number of aldehydes is 1. The summed E-state index contributed by atoms with van der Waals surface area (Å²) in [7, 11) is 0. The van der Waals surface area contributed by atoms with E-state index in [1.165, 1.54) is 12.1 Å². The SMILES string of the molecule is O=Cc1ccc(OCCOCCO)c(F)c1. The summed E-state index contributed by atoms with van der Waals surface area (Å²) in [5.41, 5.74) is 0.265. The molecule has 1 rings (SSSR count). The lowest BCUT2D eigenvalue weighted by Gasteiger charge is -2.07. The molecule has 0 fully saturated rings. The molecular formula is C11H13FO4. The number of aliphatic hydroxyl groups is 1. The van der Waals surface area contributed by atoms with Gasteiger partial charge in [-0.15, -0.1) is 0 Å². The number of carbonyl (C=O) groups excluding carboxylic acids is 1. The maximum Gasteiger partial charge on any atom is 0.165 e. The second-order valence-electron chi connectivity index (χ2n) is 2.99. The molecule has 0 spiro atoms. The second-order valence-corrected chi connectivity index (χ2v) is 2.99. The zero-order valence-corrected chi connectivity index (χ0v) is 8.69. The third kappa shape index (κ3) is 3.96. The summed E-state index contributed by atoms with van der Waals surface area (Å²) in [4.78, 5) is 10.4. The van der Waals surface area contributed by atoms with Crippen LogP contribution in [0.5, 0.6) is 5.75 Å². The van der Waals surface area contributed by atoms with Gasteiger partial charge in [-0.3, -0.25) is 4.79 Å². The van der Waals surface area contributed by atoms with Gasteiger partial charge in [-0.25, -0.2) is 4.39 Å². The van der Waals surface area contributed by atoms with E-state index < -0.39 is 5.82 Å². The molecule has 0 radical (unpaired) electrons. The van der Waals surface area contributed by atoms with Crippen LogP contribution in [0.15, 0.2) is 18.2 Å². The van der Waals surface area contributed by atoms with E-state index in [1.807, 2.05) is 0 Å². The Bertz CT molecular complexity index is 341. The highest BCUT2D eigenvalue weighted by molar-refractivity contribution is 5.74. The number of ether oxygens (including phenoxy) is 2. The van der Waals surface area contributed by atoms with Crippen LogP contribution in [0.2, 0.25) is 0 Å². The molecule has 0 bridgehead atoms. The van der Waals surface area contributed by atoms with Gasteiger partial charge in [0.25, 0.3) is 0 Å². The first kappa shape index (κ1) is 12.6. The lowest BCUT2D eigenvalue weighted by Crippen LogP contribution is -2.09. The topological polar surface area (TPSA) is 55.8 Å². The molecule has 0 unspecified atom stereocenters. The predicted octanol–water partition coefficient (Wildman–Crippen LogP) is 1.03. The molecular weight excluding hydrogens is 215 g/mol. The summed E-state index contributed by atoms with van der Waals surface area (Å²) in [6, 6.07) is 3.97. The van der Waals surface area contributed by atoms with Crippen LogP contribution in [0.25, 0.3) is 0 Å². The third-order valence-corrected chi connectivity index (χ3v) is 1.81. The van der Waals surface area contributed by atoms with Gasteiger partial charge in [0.15, 0.2) is 11.6 Å². The zero-order valence-electron chi connectivity index (χ0n) is 8.69. The van der Waals surface area contributed by atoms with Crippen molar-refractivity contribution in [3.63, 3.8) is 0 Å². The third-order valence-electron chi connectivity index (χ3n) is 1.81. The molecule has 0 aromatic heterocycles. The molecule has 0 saturated heterocycles. The maximum absolute atomic E-state index is 13.2. The molecule has 0 heterocycles. The van der Waals surface area contributed by atoms with Crippen LogP contribution in [0.3, 0.4) is 0 Å². The van der Waals surface area contributed by atoms with E-state index in [0.29, 0.717) is 6.29 Å². The van der Waals surface area contributed by atoms with Crippen LogP contribution in [0, 0.1) is 5.82 Å². The van der Waals surface area contributed by atoms with Gasteiger partial charge >= 0.3 is 0 Å². The molecule has 5 heteroatoms. The number of hydrogen-bond donors (Lipinski definition) is 1. The number of hydrogen-bond acceptors (Lipinski definition) is 4. The molecule has 0 saturated carbocycles. The first-order chi connectivity index (χ1) is 7.77. The van der Waals surface area contributed by atoms with E-state index in [2.05, 4.69) is 0 Å². The quantitative estimate of drug-likeness (QED) is 0.559. The first-order valence-corrected chi connectivity index (χ1v) is 4.84. The molecule has 1 aromatic rings. The first-order valence-electron chi connectivity index (χ1n) is 4.84. The Morgan fingerprint density at radius 1 is 1.31 bits per heavy atom. The van der Waals surface area contributed by atoms with Crippen molar-refractivity contribution in [2.75, 3.05) is 26.4 Å². The minimum atomic E-state index is -0.577. The molecule has 16 heavy (non-hydrogen) atoms. The number of carbonyl (C=O) groups is 1. The molecule has 88 valence electrons. The van der Waals surface area contributed by atoms with Gasteiger partial charge in [0, 0.05) is 5.56 Å². The van der Waals surface area contributed by atoms with E-state index in [1.54, 1.807) is 0 Å². The average molecular weight is 228 g/mol. The smallest absolute Gasteiger partial charge is 0.165 e. The van der Waals surface area contributed by atoms with Gasteiger partial charge in [-0.1, -0.05) is 0 Å². The van der Waals surface area contributed by atoms with Crippen molar-refractivity contribution in [3.8, 4) is 5.75 Å². The summed E-state index contributed by atoms with van der Waals surface area (Å²) in [5.74, 6) is -0.495. The Balaban J connectivity index is 2.39. The van der Waals surface area contributed by atoms with Crippen molar-refractivity contribution >= 4 is 6.29 Å². The van der Waals surface area contributed by atoms with Crippen LogP contribution in [-0.4, -0.2) is 37.8 Å². The molecule has 4 nitrogen and oxygen atoms in total. The zero-order chi connectivity index (χ0) is 11.8. The van der Waals surface area contributed by atoms with Gasteiger partial charge in [0.1, 0.15) is 12.9 Å². The Morgan fingerprint density at radius 3 is 2.75 bits per heavy atom. The minimum absolute atomic E-state index is 0.0532. The van der Waals surface area contributed by atoms with Gasteiger partial charge in [-0.2, -0.15) is 0 Å². The lowest BCUT2D eigenvalue weighted by molar-refractivity contribution is 0.0696.